The molecule has 0 radical (unpaired) electrons. The quantitative estimate of drug-likeness (QED) is 0.790. The molecule has 4 nitrogen and oxygen atoms in total. The monoisotopic (exact) mass is 300 g/mol. The fourth-order valence-corrected chi connectivity index (χ4v) is 2.04. The first-order valence-electron chi connectivity index (χ1n) is 5.39. The minimum Gasteiger partial charge on any atom is -0.338 e. The summed E-state index contributed by atoms with van der Waals surface area (Å²) < 4.78 is 0.930. The van der Waals surface area contributed by atoms with Crippen molar-refractivity contribution < 1.29 is 0 Å². The van der Waals surface area contributed by atoms with Crippen LogP contribution < -0.4 is 0 Å². The Morgan fingerprint density at radius 1 is 1.00 bits per heavy atom. The van der Waals surface area contributed by atoms with Crippen LogP contribution in [0.3, 0.4) is 0 Å². The number of H-pyrrole nitrogens is 1. The van der Waals surface area contributed by atoms with Crippen LogP contribution in [0.15, 0.2) is 53.7 Å². The molecule has 0 bridgehead atoms. The van der Waals surface area contributed by atoms with Gasteiger partial charge in [0, 0.05) is 40.4 Å². The van der Waals surface area contributed by atoms with E-state index in [0.29, 0.717) is 0 Å². The van der Waals surface area contributed by atoms with E-state index in [0.717, 1.165) is 27.1 Å². The SMILES string of the molecule is Brc1cncc(-c2ncc(-c3cccnc3)[nH]2)c1. The molecule has 3 aromatic heterocycles. The molecule has 0 aromatic carbocycles. The van der Waals surface area contributed by atoms with E-state index >= 15 is 0 Å². The highest BCUT2D eigenvalue weighted by atomic mass is 79.9. The number of rotatable bonds is 2. The molecular weight excluding hydrogens is 292 g/mol. The Hall–Kier alpha value is -2.01. The predicted molar refractivity (Wildman–Crippen MR) is 72.7 cm³/mol. The van der Waals surface area contributed by atoms with Crippen LogP contribution in [0.5, 0.6) is 0 Å². The van der Waals surface area contributed by atoms with Crippen molar-refractivity contribution in [3.8, 4) is 22.6 Å². The van der Waals surface area contributed by atoms with Crippen LogP contribution >= 0.6 is 15.9 Å². The van der Waals surface area contributed by atoms with Crippen LogP contribution in [0, 0.1) is 0 Å². The van der Waals surface area contributed by atoms with E-state index < -0.39 is 0 Å². The minimum absolute atomic E-state index is 0.794. The maximum absolute atomic E-state index is 4.36. The van der Waals surface area contributed by atoms with Crippen LogP contribution in [-0.4, -0.2) is 19.9 Å². The largest absolute Gasteiger partial charge is 0.338 e. The topological polar surface area (TPSA) is 54.5 Å². The molecule has 0 saturated heterocycles. The summed E-state index contributed by atoms with van der Waals surface area (Å²) in [5.74, 6) is 0.794. The van der Waals surface area contributed by atoms with Crippen LogP contribution in [0.2, 0.25) is 0 Å². The van der Waals surface area contributed by atoms with E-state index in [4.69, 9.17) is 0 Å². The molecule has 3 aromatic rings. The summed E-state index contributed by atoms with van der Waals surface area (Å²) in [5.41, 5.74) is 2.90. The lowest BCUT2D eigenvalue weighted by molar-refractivity contribution is 1.25. The number of nitrogens with zero attached hydrogens (tertiary/aromatic N) is 3. The van der Waals surface area contributed by atoms with Gasteiger partial charge in [0.1, 0.15) is 5.82 Å². The average molecular weight is 301 g/mol. The van der Waals surface area contributed by atoms with Gasteiger partial charge in [-0.1, -0.05) is 0 Å². The number of hydrogen-bond donors (Lipinski definition) is 1. The third kappa shape index (κ3) is 2.17. The summed E-state index contributed by atoms with van der Waals surface area (Å²) in [7, 11) is 0. The fraction of sp³-hybridized carbons (Fsp3) is 0. The first kappa shape index (κ1) is 11.1. The lowest BCUT2D eigenvalue weighted by Crippen LogP contribution is -1.83. The predicted octanol–water partition coefficient (Wildman–Crippen LogP) is 3.30. The van der Waals surface area contributed by atoms with Gasteiger partial charge >= 0.3 is 0 Å². The Kier molecular flexibility index (Phi) is 2.90. The van der Waals surface area contributed by atoms with E-state index in [1.54, 1.807) is 31.0 Å². The molecule has 0 spiro atoms. The molecule has 5 heteroatoms. The van der Waals surface area contributed by atoms with Crippen molar-refractivity contribution in [3.63, 3.8) is 0 Å². The van der Waals surface area contributed by atoms with Crippen molar-refractivity contribution in [1.82, 2.24) is 19.9 Å². The number of aromatic nitrogens is 4. The molecule has 0 aliphatic rings. The smallest absolute Gasteiger partial charge is 0.139 e. The number of hydrogen-bond acceptors (Lipinski definition) is 3. The summed E-state index contributed by atoms with van der Waals surface area (Å²) in [6.07, 6.45) is 8.87. The summed E-state index contributed by atoms with van der Waals surface area (Å²) in [4.78, 5) is 15.8. The highest BCUT2D eigenvalue weighted by Gasteiger charge is 2.06. The number of pyridine rings is 2. The zero-order valence-corrected chi connectivity index (χ0v) is 10.9. The Balaban J connectivity index is 2.00. The van der Waals surface area contributed by atoms with Gasteiger partial charge in [-0.25, -0.2) is 4.98 Å². The van der Waals surface area contributed by atoms with Gasteiger partial charge in [0.15, 0.2) is 0 Å². The van der Waals surface area contributed by atoms with E-state index in [1.165, 1.54) is 0 Å². The van der Waals surface area contributed by atoms with Crippen LogP contribution in [0.25, 0.3) is 22.6 Å². The highest BCUT2D eigenvalue weighted by molar-refractivity contribution is 9.10. The first-order chi connectivity index (χ1) is 8.83. The summed E-state index contributed by atoms with van der Waals surface area (Å²) >= 11 is 3.40. The van der Waals surface area contributed by atoms with Gasteiger partial charge in [-0.3, -0.25) is 9.97 Å². The molecule has 88 valence electrons. The maximum Gasteiger partial charge on any atom is 0.139 e. The second kappa shape index (κ2) is 4.70. The normalized spacial score (nSPS) is 10.5. The standard InChI is InChI=1S/C13H9BrN4/c14-11-4-10(6-16-7-11)13-17-8-12(18-13)9-2-1-3-15-5-9/h1-8H,(H,17,18). The third-order valence-electron chi connectivity index (χ3n) is 2.53. The van der Waals surface area contributed by atoms with Gasteiger partial charge in [0.05, 0.1) is 11.9 Å². The maximum atomic E-state index is 4.36. The molecule has 0 unspecified atom stereocenters. The zero-order chi connectivity index (χ0) is 12.4. The number of nitrogens with one attached hydrogen (secondary N) is 1. The summed E-state index contributed by atoms with van der Waals surface area (Å²) in [5, 5.41) is 0. The van der Waals surface area contributed by atoms with E-state index in [9.17, 15) is 0 Å². The Labute approximate surface area is 112 Å². The fourth-order valence-electron chi connectivity index (χ4n) is 1.68. The molecule has 18 heavy (non-hydrogen) atoms. The molecule has 0 atom stereocenters. The third-order valence-corrected chi connectivity index (χ3v) is 2.96. The molecule has 0 aliphatic carbocycles. The van der Waals surface area contributed by atoms with Gasteiger partial charge in [0.2, 0.25) is 0 Å². The summed E-state index contributed by atoms with van der Waals surface area (Å²) in [6, 6.07) is 5.86. The number of aromatic amines is 1. The molecule has 0 aliphatic heterocycles. The molecule has 0 fully saturated rings. The van der Waals surface area contributed by atoms with E-state index in [2.05, 4.69) is 35.9 Å². The molecule has 0 saturated carbocycles. The van der Waals surface area contributed by atoms with Crippen molar-refractivity contribution in [2.45, 2.75) is 0 Å². The average Bonchev–Trinajstić information content (AvgIpc) is 2.89. The van der Waals surface area contributed by atoms with Crippen molar-refractivity contribution in [2.75, 3.05) is 0 Å². The number of imidazole rings is 1. The van der Waals surface area contributed by atoms with Crippen LogP contribution in [0.4, 0.5) is 0 Å². The summed E-state index contributed by atoms with van der Waals surface area (Å²) in [6.45, 7) is 0. The Bertz CT molecular complexity index is 664. The van der Waals surface area contributed by atoms with Crippen LogP contribution in [0.1, 0.15) is 0 Å². The van der Waals surface area contributed by atoms with Crippen molar-refractivity contribution in [1.29, 1.82) is 0 Å². The minimum atomic E-state index is 0.794. The van der Waals surface area contributed by atoms with Gasteiger partial charge in [-0.15, -0.1) is 0 Å². The Morgan fingerprint density at radius 2 is 1.89 bits per heavy atom. The van der Waals surface area contributed by atoms with Gasteiger partial charge in [-0.2, -0.15) is 0 Å². The molecule has 3 rings (SSSR count). The molecule has 1 N–H and O–H groups in total. The molecule has 3 heterocycles. The molecular formula is C13H9BrN4. The van der Waals surface area contributed by atoms with Crippen molar-refractivity contribution >= 4 is 15.9 Å². The second-order valence-corrected chi connectivity index (χ2v) is 4.69. The van der Waals surface area contributed by atoms with Gasteiger partial charge in [0.25, 0.3) is 0 Å². The van der Waals surface area contributed by atoms with E-state index in [1.807, 2.05) is 18.2 Å². The molecule has 0 amide bonds. The highest BCUT2D eigenvalue weighted by Crippen LogP contribution is 2.22. The van der Waals surface area contributed by atoms with Crippen molar-refractivity contribution in [2.24, 2.45) is 0 Å². The van der Waals surface area contributed by atoms with Gasteiger partial charge in [-0.05, 0) is 34.1 Å². The van der Waals surface area contributed by atoms with Crippen LogP contribution in [-0.2, 0) is 0 Å². The van der Waals surface area contributed by atoms with E-state index in [-0.39, 0.29) is 0 Å². The lowest BCUT2D eigenvalue weighted by atomic mass is 10.2. The van der Waals surface area contributed by atoms with Gasteiger partial charge < -0.3 is 4.98 Å². The first-order valence-corrected chi connectivity index (χ1v) is 6.18. The lowest BCUT2D eigenvalue weighted by Gasteiger charge is -1.97. The zero-order valence-electron chi connectivity index (χ0n) is 9.34. The second-order valence-electron chi connectivity index (χ2n) is 3.78. The van der Waals surface area contributed by atoms with Crippen molar-refractivity contribution in [3.05, 3.63) is 53.7 Å². The number of halogens is 1. The Morgan fingerprint density at radius 3 is 2.67 bits per heavy atom.